The molecule has 7 heteroatoms. The fourth-order valence-electron chi connectivity index (χ4n) is 4.80. The van der Waals surface area contributed by atoms with Crippen molar-refractivity contribution in [2.24, 2.45) is 5.92 Å². The second kappa shape index (κ2) is 12.2. The van der Waals surface area contributed by atoms with E-state index in [1.54, 1.807) is 31.5 Å². The van der Waals surface area contributed by atoms with E-state index >= 15 is 0 Å². The van der Waals surface area contributed by atoms with Crippen molar-refractivity contribution in [1.29, 1.82) is 0 Å². The van der Waals surface area contributed by atoms with Crippen LogP contribution in [0.2, 0.25) is 0 Å². The Hall–Kier alpha value is -3.87. The van der Waals surface area contributed by atoms with E-state index in [1.165, 1.54) is 5.56 Å². The number of hydrogen-bond acceptors (Lipinski definition) is 5. The second-order valence-corrected chi connectivity index (χ2v) is 9.05. The van der Waals surface area contributed by atoms with E-state index in [4.69, 9.17) is 9.47 Å². The van der Waals surface area contributed by atoms with Crippen LogP contribution in [0.3, 0.4) is 0 Å². The molecule has 0 aliphatic carbocycles. The summed E-state index contributed by atoms with van der Waals surface area (Å²) >= 11 is 0. The molecule has 7 nitrogen and oxygen atoms in total. The third-order valence-corrected chi connectivity index (χ3v) is 6.85. The molecule has 1 atom stereocenters. The van der Waals surface area contributed by atoms with Gasteiger partial charge in [0.25, 0.3) is 11.8 Å². The first-order valence-corrected chi connectivity index (χ1v) is 12.3. The van der Waals surface area contributed by atoms with Crippen molar-refractivity contribution in [3.8, 4) is 11.5 Å². The number of methoxy groups -OCH3 is 1. The van der Waals surface area contributed by atoms with Crippen molar-refractivity contribution in [3.05, 3.63) is 90.3 Å². The van der Waals surface area contributed by atoms with Crippen LogP contribution in [-0.4, -0.2) is 66.5 Å². The van der Waals surface area contributed by atoms with Crippen LogP contribution < -0.4 is 9.47 Å². The summed E-state index contributed by atoms with van der Waals surface area (Å²) in [5.41, 5.74) is 1.63. The molecule has 2 aromatic carbocycles. The van der Waals surface area contributed by atoms with Crippen molar-refractivity contribution in [2.75, 3.05) is 33.9 Å². The number of hydrogen-bond donors (Lipinski definition) is 0. The van der Waals surface area contributed by atoms with Crippen molar-refractivity contribution in [3.63, 3.8) is 0 Å². The molecule has 1 saturated heterocycles. The number of likely N-dealkylation sites (N-methyl/N-ethyl adjacent to an activating group) is 1. The summed E-state index contributed by atoms with van der Waals surface area (Å²) in [6.07, 6.45) is 4.03. The molecular formula is C29H33N3O4. The van der Waals surface area contributed by atoms with E-state index < -0.39 is 0 Å². The Kier molecular flexibility index (Phi) is 8.55. The molecule has 188 valence electrons. The van der Waals surface area contributed by atoms with Gasteiger partial charge in [-0.2, -0.15) is 0 Å². The molecular weight excluding hydrogens is 454 g/mol. The van der Waals surface area contributed by atoms with E-state index in [1.807, 2.05) is 59.3 Å². The Morgan fingerprint density at radius 2 is 1.64 bits per heavy atom. The number of rotatable bonds is 9. The van der Waals surface area contributed by atoms with Gasteiger partial charge >= 0.3 is 0 Å². The molecule has 1 aromatic heterocycles. The molecule has 2 amide bonds. The van der Waals surface area contributed by atoms with Crippen LogP contribution in [0.25, 0.3) is 0 Å². The van der Waals surface area contributed by atoms with E-state index in [-0.39, 0.29) is 30.4 Å². The van der Waals surface area contributed by atoms with Crippen LogP contribution in [0.4, 0.5) is 0 Å². The molecule has 0 bridgehead atoms. The molecule has 36 heavy (non-hydrogen) atoms. The van der Waals surface area contributed by atoms with Crippen LogP contribution in [0.15, 0.2) is 79.0 Å². The predicted molar refractivity (Wildman–Crippen MR) is 138 cm³/mol. The van der Waals surface area contributed by atoms with E-state index in [0.29, 0.717) is 30.3 Å². The zero-order chi connectivity index (χ0) is 25.3. The number of benzene rings is 2. The minimum absolute atomic E-state index is 0.00369. The van der Waals surface area contributed by atoms with Gasteiger partial charge < -0.3 is 19.3 Å². The number of nitrogens with zero attached hydrogens (tertiary/aromatic N) is 3. The van der Waals surface area contributed by atoms with Crippen LogP contribution >= 0.6 is 0 Å². The average molecular weight is 488 g/mol. The molecule has 1 aliphatic rings. The second-order valence-electron chi connectivity index (χ2n) is 9.05. The highest BCUT2D eigenvalue weighted by Gasteiger charge is 2.33. The molecule has 0 N–H and O–H groups in total. The van der Waals surface area contributed by atoms with Crippen molar-refractivity contribution in [2.45, 2.75) is 25.3 Å². The maximum atomic E-state index is 13.2. The Labute approximate surface area is 212 Å². The van der Waals surface area contributed by atoms with Crippen LogP contribution in [0, 0.1) is 5.92 Å². The molecule has 0 saturated carbocycles. The number of carbonyl (C=O) groups excluding carboxylic acids is 2. The topological polar surface area (TPSA) is 72.0 Å². The molecule has 3 aromatic rings. The minimum Gasteiger partial charge on any atom is -0.493 e. The maximum Gasteiger partial charge on any atom is 0.272 e. The standard InChI is InChI=1S/C29H33N3O4/c1-31(29(34)24-12-8-9-17-30-24)25(20-22-10-4-3-5-11-22)23-15-18-32(19-16-23)28(33)21-36-27-14-7-6-13-26(27)35-2/h3-14,17,23,25H,15-16,18-21H2,1-2H3/t25-/m0/s1. The Balaban J connectivity index is 1.40. The fourth-order valence-corrected chi connectivity index (χ4v) is 4.80. The summed E-state index contributed by atoms with van der Waals surface area (Å²) in [6.45, 7) is 1.24. The van der Waals surface area contributed by atoms with E-state index in [2.05, 4.69) is 17.1 Å². The number of aromatic nitrogens is 1. The van der Waals surface area contributed by atoms with Gasteiger partial charge in [0.1, 0.15) is 5.69 Å². The lowest BCUT2D eigenvalue weighted by atomic mass is 9.84. The van der Waals surface area contributed by atoms with Gasteiger partial charge in [-0.15, -0.1) is 0 Å². The highest BCUT2D eigenvalue weighted by Crippen LogP contribution is 2.28. The highest BCUT2D eigenvalue weighted by atomic mass is 16.5. The number of carbonyl (C=O) groups is 2. The van der Waals surface area contributed by atoms with E-state index in [0.717, 1.165) is 19.3 Å². The third kappa shape index (κ3) is 6.22. The third-order valence-electron chi connectivity index (χ3n) is 6.85. The summed E-state index contributed by atoms with van der Waals surface area (Å²) in [5.74, 6) is 1.30. The summed E-state index contributed by atoms with van der Waals surface area (Å²) in [7, 11) is 3.44. The Bertz CT molecular complexity index is 1130. The zero-order valence-electron chi connectivity index (χ0n) is 20.9. The predicted octanol–water partition coefficient (Wildman–Crippen LogP) is 4.09. The van der Waals surface area contributed by atoms with Crippen LogP contribution in [-0.2, 0) is 11.2 Å². The van der Waals surface area contributed by atoms with Crippen LogP contribution in [0.1, 0.15) is 28.9 Å². The molecule has 1 aliphatic heterocycles. The normalized spacial score (nSPS) is 14.7. The lowest BCUT2D eigenvalue weighted by Crippen LogP contribution is -2.49. The zero-order valence-corrected chi connectivity index (χ0v) is 20.9. The quantitative estimate of drug-likeness (QED) is 0.455. The van der Waals surface area contributed by atoms with Gasteiger partial charge in [-0.3, -0.25) is 14.6 Å². The van der Waals surface area contributed by atoms with Crippen LogP contribution in [0.5, 0.6) is 11.5 Å². The molecule has 0 unspecified atom stereocenters. The molecule has 2 heterocycles. The molecule has 0 spiro atoms. The number of para-hydroxylation sites is 2. The summed E-state index contributed by atoms with van der Waals surface area (Å²) < 4.78 is 11.0. The van der Waals surface area contributed by atoms with Crippen molar-refractivity contribution >= 4 is 11.8 Å². The van der Waals surface area contributed by atoms with Gasteiger partial charge in [0.2, 0.25) is 0 Å². The summed E-state index contributed by atoms with van der Waals surface area (Å²) in [6, 6.07) is 22.9. The molecule has 4 rings (SSSR count). The minimum atomic E-state index is -0.0831. The van der Waals surface area contributed by atoms with Crippen molar-refractivity contribution < 1.29 is 19.1 Å². The number of piperidine rings is 1. The van der Waals surface area contributed by atoms with Gasteiger partial charge in [-0.25, -0.2) is 0 Å². The summed E-state index contributed by atoms with van der Waals surface area (Å²) in [5, 5.41) is 0. The molecule has 1 fully saturated rings. The largest absolute Gasteiger partial charge is 0.493 e. The van der Waals surface area contributed by atoms with Crippen molar-refractivity contribution in [1.82, 2.24) is 14.8 Å². The van der Waals surface area contributed by atoms with E-state index in [9.17, 15) is 9.59 Å². The number of amides is 2. The maximum absolute atomic E-state index is 13.2. The molecule has 0 radical (unpaired) electrons. The Morgan fingerprint density at radius 1 is 0.972 bits per heavy atom. The van der Waals surface area contributed by atoms with Gasteiger partial charge in [0.15, 0.2) is 18.1 Å². The summed E-state index contributed by atoms with van der Waals surface area (Å²) in [4.78, 5) is 34.0. The number of likely N-dealkylation sites (tertiary alicyclic amines) is 1. The first-order valence-electron chi connectivity index (χ1n) is 12.3. The number of pyridine rings is 1. The highest BCUT2D eigenvalue weighted by molar-refractivity contribution is 5.92. The van der Waals surface area contributed by atoms with Gasteiger partial charge in [0, 0.05) is 32.4 Å². The average Bonchev–Trinajstić information content (AvgIpc) is 2.95. The lowest BCUT2D eigenvalue weighted by Gasteiger charge is -2.40. The van der Waals surface area contributed by atoms with Gasteiger partial charge in [-0.1, -0.05) is 48.5 Å². The Morgan fingerprint density at radius 3 is 2.31 bits per heavy atom. The first-order chi connectivity index (χ1) is 17.6. The lowest BCUT2D eigenvalue weighted by molar-refractivity contribution is -0.135. The van der Waals surface area contributed by atoms with Gasteiger partial charge in [0.05, 0.1) is 7.11 Å². The first kappa shape index (κ1) is 25.2. The number of ether oxygens (including phenoxy) is 2. The fraction of sp³-hybridized carbons (Fsp3) is 0.345. The van der Waals surface area contributed by atoms with Gasteiger partial charge in [-0.05, 0) is 55.0 Å². The SMILES string of the molecule is COc1ccccc1OCC(=O)N1CCC([C@H](Cc2ccccc2)N(C)C(=O)c2ccccn2)CC1. The monoisotopic (exact) mass is 487 g/mol. The smallest absolute Gasteiger partial charge is 0.272 e.